The lowest BCUT2D eigenvalue weighted by atomic mass is 10.0. The van der Waals surface area contributed by atoms with Crippen molar-refractivity contribution in [2.24, 2.45) is 5.92 Å². The Morgan fingerprint density at radius 1 is 1.00 bits per heavy atom. The second-order valence-electron chi connectivity index (χ2n) is 6.20. The number of benzene rings is 1. The molecule has 0 saturated heterocycles. The summed E-state index contributed by atoms with van der Waals surface area (Å²) >= 11 is 3.33. The van der Waals surface area contributed by atoms with Gasteiger partial charge in [-0.2, -0.15) is 0 Å². The first-order chi connectivity index (χ1) is 12.9. The number of carbonyl (C=O) groups is 3. The summed E-state index contributed by atoms with van der Waals surface area (Å²) in [5.74, 6) is -0.881. The summed E-state index contributed by atoms with van der Waals surface area (Å²) in [4.78, 5) is 36.6. The largest absolute Gasteiger partial charge is 0.459 e. The Morgan fingerprint density at radius 3 is 2.33 bits per heavy atom. The Morgan fingerprint density at radius 2 is 1.70 bits per heavy atom. The minimum Gasteiger partial charge on any atom is -0.459 e. The van der Waals surface area contributed by atoms with Gasteiger partial charge in [0.05, 0.1) is 11.8 Å². The third kappa shape index (κ3) is 5.96. The van der Waals surface area contributed by atoms with E-state index in [0.29, 0.717) is 10.0 Å². The summed E-state index contributed by atoms with van der Waals surface area (Å²) in [6, 6.07) is 9.50. The Labute approximate surface area is 166 Å². The van der Waals surface area contributed by atoms with Gasteiger partial charge in [0.25, 0.3) is 11.8 Å². The lowest BCUT2D eigenvalue weighted by Crippen LogP contribution is -2.50. The second kappa shape index (κ2) is 9.91. The van der Waals surface area contributed by atoms with Crippen LogP contribution in [0.25, 0.3) is 0 Å². The van der Waals surface area contributed by atoms with Crippen LogP contribution in [0.1, 0.15) is 34.8 Å². The number of hydrogen-bond donors (Lipinski definition) is 3. The summed E-state index contributed by atoms with van der Waals surface area (Å²) in [7, 11) is 0. The highest BCUT2D eigenvalue weighted by atomic mass is 79.9. The number of hydrogen-bond acceptors (Lipinski definition) is 4. The summed E-state index contributed by atoms with van der Waals surface area (Å²) in [6.07, 6.45) is 1.41. The molecule has 0 spiro atoms. The average Bonchev–Trinajstić information content (AvgIpc) is 3.17. The molecule has 7 nitrogen and oxygen atoms in total. The number of nitrogens with one attached hydrogen (secondary N) is 3. The molecule has 1 aromatic carbocycles. The molecule has 3 amide bonds. The van der Waals surface area contributed by atoms with Gasteiger partial charge in [-0.3, -0.25) is 14.4 Å². The van der Waals surface area contributed by atoms with Crippen molar-refractivity contribution in [3.8, 4) is 0 Å². The normalized spacial score (nSPS) is 11.7. The number of halogens is 1. The summed E-state index contributed by atoms with van der Waals surface area (Å²) in [6.45, 7) is 4.18. The zero-order valence-electron chi connectivity index (χ0n) is 15.1. The number of furan rings is 1. The van der Waals surface area contributed by atoms with Crippen LogP contribution in [0, 0.1) is 5.92 Å². The maximum atomic E-state index is 12.4. The minimum absolute atomic E-state index is 0.103. The van der Waals surface area contributed by atoms with Crippen molar-refractivity contribution < 1.29 is 18.8 Å². The maximum absolute atomic E-state index is 12.4. The SMILES string of the molecule is CC(C)[C@H](NC(=O)c1ccccc1Br)C(=O)NCCNC(=O)c1ccco1. The zero-order chi connectivity index (χ0) is 19.8. The first-order valence-corrected chi connectivity index (χ1v) is 9.34. The van der Waals surface area contributed by atoms with E-state index in [0.717, 1.165) is 0 Å². The van der Waals surface area contributed by atoms with Crippen LogP contribution in [0.4, 0.5) is 0 Å². The molecule has 0 radical (unpaired) electrons. The third-order valence-electron chi connectivity index (χ3n) is 3.81. The smallest absolute Gasteiger partial charge is 0.287 e. The molecule has 0 unspecified atom stereocenters. The van der Waals surface area contributed by atoms with Crippen molar-refractivity contribution in [1.29, 1.82) is 0 Å². The molecule has 0 aliphatic carbocycles. The predicted molar refractivity (Wildman–Crippen MR) is 104 cm³/mol. The van der Waals surface area contributed by atoms with Crippen molar-refractivity contribution in [2.75, 3.05) is 13.1 Å². The average molecular weight is 436 g/mol. The van der Waals surface area contributed by atoms with E-state index in [2.05, 4.69) is 31.9 Å². The molecule has 8 heteroatoms. The highest BCUT2D eigenvalue weighted by Crippen LogP contribution is 2.16. The van der Waals surface area contributed by atoms with Crippen molar-refractivity contribution in [3.63, 3.8) is 0 Å². The van der Waals surface area contributed by atoms with Crippen LogP contribution < -0.4 is 16.0 Å². The fraction of sp³-hybridized carbons (Fsp3) is 0.316. The maximum Gasteiger partial charge on any atom is 0.287 e. The highest BCUT2D eigenvalue weighted by Gasteiger charge is 2.25. The van der Waals surface area contributed by atoms with Crippen LogP contribution in [0.2, 0.25) is 0 Å². The molecule has 2 rings (SSSR count). The van der Waals surface area contributed by atoms with E-state index in [1.807, 2.05) is 19.9 Å². The standard InChI is InChI=1S/C19H22BrN3O4/c1-12(2)16(23-17(24)13-6-3-4-7-14(13)20)19(26)22-10-9-21-18(25)15-8-5-11-27-15/h3-8,11-12,16H,9-10H2,1-2H3,(H,21,25)(H,22,26)(H,23,24)/t16-/m0/s1. The van der Waals surface area contributed by atoms with Crippen LogP contribution in [0.15, 0.2) is 51.6 Å². The van der Waals surface area contributed by atoms with Gasteiger partial charge in [-0.1, -0.05) is 26.0 Å². The zero-order valence-corrected chi connectivity index (χ0v) is 16.7. The van der Waals surface area contributed by atoms with Gasteiger partial charge >= 0.3 is 0 Å². The summed E-state index contributed by atoms with van der Waals surface area (Å²) in [5.41, 5.74) is 0.460. The van der Waals surface area contributed by atoms with Crippen molar-refractivity contribution in [2.45, 2.75) is 19.9 Å². The molecule has 3 N–H and O–H groups in total. The first kappa shape index (κ1) is 20.7. The molecule has 2 aromatic rings. The number of amides is 3. The monoisotopic (exact) mass is 435 g/mol. The lowest BCUT2D eigenvalue weighted by molar-refractivity contribution is -0.123. The van der Waals surface area contributed by atoms with Crippen LogP contribution >= 0.6 is 15.9 Å². The van der Waals surface area contributed by atoms with Crippen LogP contribution in [-0.2, 0) is 4.79 Å². The molecule has 1 aromatic heterocycles. The fourth-order valence-electron chi connectivity index (χ4n) is 2.37. The summed E-state index contributed by atoms with van der Waals surface area (Å²) < 4.78 is 5.65. The Balaban J connectivity index is 1.84. The fourth-order valence-corrected chi connectivity index (χ4v) is 2.83. The van der Waals surface area contributed by atoms with Crippen LogP contribution in [0.3, 0.4) is 0 Å². The van der Waals surface area contributed by atoms with E-state index in [1.165, 1.54) is 6.26 Å². The van der Waals surface area contributed by atoms with E-state index < -0.39 is 6.04 Å². The van der Waals surface area contributed by atoms with E-state index in [9.17, 15) is 14.4 Å². The molecule has 27 heavy (non-hydrogen) atoms. The van der Waals surface area contributed by atoms with Gasteiger partial charge < -0.3 is 20.4 Å². The second-order valence-corrected chi connectivity index (χ2v) is 7.05. The predicted octanol–water partition coefficient (Wildman–Crippen LogP) is 2.34. The van der Waals surface area contributed by atoms with Gasteiger partial charge in [-0.25, -0.2) is 0 Å². The van der Waals surface area contributed by atoms with Gasteiger partial charge in [0, 0.05) is 17.6 Å². The van der Waals surface area contributed by atoms with Gasteiger partial charge in [0.15, 0.2) is 5.76 Å². The topological polar surface area (TPSA) is 100 Å². The van der Waals surface area contributed by atoms with E-state index in [4.69, 9.17) is 4.42 Å². The summed E-state index contributed by atoms with van der Waals surface area (Å²) in [5, 5.41) is 8.13. The molecule has 0 aliphatic rings. The van der Waals surface area contributed by atoms with Crippen molar-refractivity contribution in [3.05, 3.63) is 58.5 Å². The van der Waals surface area contributed by atoms with Crippen LogP contribution in [0.5, 0.6) is 0 Å². The van der Waals surface area contributed by atoms with E-state index >= 15 is 0 Å². The molecule has 144 valence electrons. The quantitative estimate of drug-likeness (QED) is 0.553. The Kier molecular flexibility index (Phi) is 7.60. The first-order valence-electron chi connectivity index (χ1n) is 8.55. The molecule has 0 saturated carbocycles. The Hall–Kier alpha value is -2.61. The third-order valence-corrected chi connectivity index (χ3v) is 4.50. The molecule has 1 heterocycles. The van der Waals surface area contributed by atoms with E-state index in [-0.39, 0.29) is 42.5 Å². The Bertz CT molecular complexity index is 790. The van der Waals surface area contributed by atoms with Gasteiger partial charge in [-0.15, -0.1) is 0 Å². The molecule has 1 atom stereocenters. The molecular weight excluding hydrogens is 414 g/mol. The molecule has 0 fully saturated rings. The molecular formula is C19H22BrN3O4. The number of carbonyl (C=O) groups excluding carboxylic acids is 3. The number of rotatable bonds is 8. The van der Waals surface area contributed by atoms with Gasteiger partial charge in [0.2, 0.25) is 5.91 Å². The molecule has 0 aliphatic heterocycles. The van der Waals surface area contributed by atoms with Gasteiger partial charge in [0.1, 0.15) is 6.04 Å². The molecule has 0 bridgehead atoms. The van der Waals surface area contributed by atoms with Crippen LogP contribution in [-0.4, -0.2) is 36.9 Å². The van der Waals surface area contributed by atoms with E-state index in [1.54, 1.807) is 30.3 Å². The van der Waals surface area contributed by atoms with Crippen molar-refractivity contribution in [1.82, 2.24) is 16.0 Å². The highest BCUT2D eigenvalue weighted by molar-refractivity contribution is 9.10. The van der Waals surface area contributed by atoms with Gasteiger partial charge in [-0.05, 0) is 46.1 Å². The minimum atomic E-state index is -0.689. The lowest BCUT2D eigenvalue weighted by Gasteiger charge is -2.22. The van der Waals surface area contributed by atoms with Crippen molar-refractivity contribution >= 4 is 33.7 Å².